The molecule has 4 nitrogen and oxygen atoms in total. The van der Waals surface area contributed by atoms with Crippen LogP contribution in [0.3, 0.4) is 0 Å². The van der Waals surface area contributed by atoms with Gasteiger partial charge in [-0.1, -0.05) is 32.0 Å². The quantitative estimate of drug-likeness (QED) is 0.619. The summed E-state index contributed by atoms with van der Waals surface area (Å²) in [6.45, 7) is 4.28. The fourth-order valence-electron chi connectivity index (χ4n) is 3.46. The lowest BCUT2D eigenvalue weighted by Gasteiger charge is -2.24. The van der Waals surface area contributed by atoms with Gasteiger partial charge >= 0.3 is 0 Å². The van der Waals surface area contributed by atoms with E-state index in [9.17, 15) is 4.79 Å². The van der Waals surface area contributed by atoms with E-state index in [1.807, 2.05) is 19.2 Å². The van der Waals surface area contributed by atoms with Crippen LogP contribution in [-0.2, 0) is 5.41 Å². The van der Waals surface area contributed by atoms with Gasteiger partial charge in [-0.3, -0.25) is 4.79 Å². The summed E-state index contributed by atoms with van der Waals surface area (Å²) in [6.07, 6.45) is 1.71. The molecule has 0 saturated heterocycles. The molecule has 3 rings (SSSR count). The summed E-state index contributed by atoms with van der Waals surface area (Å²) < 4.78 is 10.6. The molecule has 25 heavy (non-hydrogen) atoms. The first kappa shape index (κ1) is 17.1. The molecule has 2 aromatic carbocycles. The number of para-hydroxylation sites is 1. The molecule has 0 aromatic heterocycles. The molecule has 0 bridgehead atoms. The predicted octanol–water partition coefficient (Wildman–Crippen LogP) is 4.20. The van der Waals surface area contributed by atoms with E-state index in [-0.39, 0.29) is 11.2 Å². The molecular formula is C21H23NO3. The molecule has 1 aliphatic rings. The van der Waals surface area contributed by atoms with Crippen molar-refractivity contribution < 1.29 is 14.3 Å². The summed E-state index contributed by atoms with van der Waals surface area (Å²) in [6, 6.07) is 13.5. The smallest absolute Gasteiger partial charge is 0.191 e. The van der Waals surface area contributed by atoms with E-state index >= 15 is 0 Å². The fourth-order valence-corrected chi connectivity index (χ4v) is 3.46. The van der Waals surface area contributed by atoms with E-state index < -0.39 is 0 Å². The molecule has 0 amide bonds. The van der Waals surface area contributed by atoms with Crippen LogP contribution in [0, 0.1) is 0 Å². The summed E-state index contributed by atoms with van der Waals surface area (Å²) in [5.41, 5.74) is 3.61. The van der Waals surface area contributed by atoms with Crippen LogP contribution < -0.4 is 14.4 Å². The van der Waals surface area contributed by atoms with Crippen LogP contribution in [0.25, 0.3) is 0 Å². The lowest BCUT2D eigenvalue weighted by molar-refractivity contribution is 0.104. The van der Waals surface area contributed by atoms with Gasteiger partial charge in [0, 0.05) is 36.0 Å². The molecule has 130 valence electrons. The topological polar surface area (TPSA) is 38.8 Å². The highest BCUT2D eigenvalue weighted by Crippen LogP contribution is 2.46. The second-order valence-corrected chi connectivity index (χ2v) is 6.66. The zero-order valence-corrected chi connectivity index (χ0v) is 15.3. The first-order valence-corrected chi connectivity index (χ1v) is 8.22. The van der Waals surface area contributed by atoms with Crippen molar-refractivity contribution in [1.82, 2.24) is 0 Å². The maximum atomic E-state index is 12.9. The van der Waals surface area contributed by atoms with Crippen LogP contribution >= 0.6 is 0 Å². The van der Waals surface area contributed by atoms with E-state index in [4.69, 9.17) is 9.47 Å². The molecule has 2 aromatic rings. The number of hydrogen-bond acceptors (Lipinski definition) is 4. The molecule has 0 spiro atoms. The normalized spacial score (nSPS) is 16.7. The highest BCUT2D eigenvalue weighted by molar-refractivity contribution is 6.07. The number of allylic oxidation sites excluding steroid dienone is 2. The van der Waals surface area contributed by atoms with E-state index in [0.717, 1.165) is 11.4 Å². The molecule has 0 fully saturated rings. The lowest BCUT2D eigenvalue weighted by atomic mass is 9.83. The highest BCUT2D eigenvalue weighted by atomic mass is 16.5. The Labute approximate surface area is 148 Å². The maximum Gasteiger partial charge on any atom is 0.191 e. The lowest BCUT2D eigenvalue weighted by Crippen LogP contribution is -2.24. The predicted molar refractivity (Wildman–Crippen MR) is 99.8 cm³/mol. The Hall–Kier alpha value is -2.75. The number of rotatable bonds is 4. The maximum absolute atomic E-state index is 12.9. The second-order valence-electron chi connectivity index (χ2n) is 6.66. The van der Waals surface area contributed by atoms with Crippen molar-refractivity contribution in [3.63, 3.8) is 0 Å². The number of hydrogen-bond donors (Lipinski definition) is 0. The minimum atomic E-state index is -0.235. The number of likely N-dealkylation sites (N-methyl/N-ethyl adjacent to an activating group) is 1. The molecule has 1 heterocycles. The van der Waals surface area contributed by atoms with Crippen molar-refractivity contribution in [1.29, 1.82) is 0 Å². The average molecular weight is 337 g/mol. The number of ether oxygens (including phenoxy) is 2. The van der Waals surface area contributed by atoms with Gasteiger partial charge in [-0.15, -0.1) is 0 Å². The number of benzene rings is 2. The van der Waals surface area contributed by atoms with Crippen molar-refractivity contribution >= 4 is 11.5 Å². The van der Waals surface area contributed by atoms with Gasteiger partial charge in [0.05, 0.1) is 19.8 Å². The average Bonchev–Trinajstić information content (AvgIpc) is 2.82. The monoisotopic (exact) mass is 337 g/mol. The number of methoxy groups -OCH3 is 2. The van der Waals surface area contributed by atoms with Crippen molar-refractivity contribution in [2.75, 3.05) is 26.2 Å². The third-order valence-corrected chi connectivity index (χ3v) is 4.88. The molecule has 0 radical (unpaired) electrons. The van der Waals surface area contributed by atoms with Crippen LogP contribution in [0.15, 0.2) is 54.2 Å². The summed E-state index contributed by atoms with van der Waals surface area (Å²) in [4.78, 5) is 15.0. The fraction of sp³-hybridized carbons (Fsp3) is 0.286. The van der Waals surface area contributed by atoms with Gasteiger partial charge in [-0.2, -0.15) is 0 Å². The van der Waals surface area contributed by atoms with Crippen LogP contribution in [0.2, 0.25) is 0 Å². The largest absolute Gasteiger partial charge is 0.497 e. The van der Waals surface area contributed by atoms with E-state index in [1.54, 1.807) is 38.5 Å². The standard InChI is InChI=1S/C21H23NO3/c1-21(2)16-8-6-7-9-17(16)22(3)20(21)13-18(23)15-11-10-14(24-4)12-19(15)25-5/h6-13H,1-5H3. The van der Waals surface area contributed by atoms with Gasteiger partial charge in [-0.05, 0) is 23.8 Å². The third-order valence-electron chi connectivity index (χ3n) is 4.88. The zero-order chi connectivity index (χ0) is 18.2. The number of ketones is 1. The highest BCUT2D eigenvalue weighted by Gasteiger charge is 2.38. The van der Waals surface area contributed by atoms with Crippen LogP contribution in [0.4, 0.5) is 5.69 Å². The van der Waals surface area contributed by atoms with Crippen LogP contribution in [0.1, 0.15) is 29.8 Å². The molecule has 0 atom stereocenters. The summed E-state index contributed by atoms with van der Waals surface area (Å²) in [5.74, 6) is 1.09. The molecule has 0 aliphatic carbocycles. The Morgan fingerprint density at radius 1 is 1.08 bits per heavy atom. The van der Waals surface area contributed by atoms with Crippen LogP contribution in [-0.4, -0.2) is 27.1 Å². The van der Waals surface area contributed by atoms with E-state index in [2.05, 4.69) is 30.9 Å². The van der Waals surface area contributed by atoms with Gasteiger partial charge in [0.25, 0.3) is 0 Å². The Balaban J connectivity index is 2.03. The first-order valence-electron chi connectivity index (χ1n) is 8.22. The molecular weight excluding hydrogens is 314 g/mol. The van der Waals surface area contributed by atoms with Crippen molar-refractivity contribution in [2.45, 2.75) is 19.3 Å². The van der Waals surface area contributed by atoms with Gasteiger partial charge in [0.15, 0.2) is 5.78 Å². The van der Waals surface area contributed by atoms with E-state index in [0.29, 0.717) is 17.1 Å². The number of carbonyl (C=O) groups is 1. The minimum absolute atomic E-state index is 0.0813. The number of carbonyl (C=O) groups excluding carboxylic acids is 1. The van der Waals surface area contributed by atoms with Gasteiger partial charge < -0.3 is 14.4 Å². The number of anilines is 1. The van der Waals surface area contributed by atoms with Crippen molar-refractivity contribution in [2.24, 2.45) is 0 Å². The molecule has 0 N–H and O–H groups in total. The molecule has 0 saturated carbocycles. The Morgan fingerprint density at radius 3 is 2.44 bits per heavy atom. The third kappa shape index (κ3) is 2.78. The summed E-state index contributed by atoms with van der Waals surface area (Å²) >= 11 is 0. The van der Waals surface area contributed by atoms with E-state index in [1.165, 1.54) is 5.56 Å². The summed E-state index contributed by atoms with van der Waals surface area (Å²) in [7, 11) is 5.14. The SMILES string of the molecule is COc1ccc(C(=O)C=C2N(C)c3ccccc3C2(C)C)c(OC)c1. The molecule has 0 unspecified atom stereocenters. The number of nitrogens with zero attached hydrogens (tertiary/aromatic N) is 1. The molecule has 4 heteroatoms. The first-order chi connectivity index (χ1) is 11.9. The Kier molecular flexibility index (Phi) is 4.29. The Morgan fingerprint density at radius 2 is 1.80 bits per heavy atom. The van der Waals surface area contributed by atoms with Gasteiger partial charge in [0.1, 0.15) is 11.5 Å². The second kappa shape index (κ2) is 6.28. The Bertz CT molecular complexity index is 852. The number of fused-ring (bicyclic) bond motifs is 1. The van der Waals surface area contributed by atoms with Gasteiger partial charge in [0.2, 0.25) is 0 Å². The summed E-state index contributed by atoms with van der Waals surface area (Å²) in [5, 5.41) is 0. The van der Waals surface area contributed by atoms with Crippen LogP contribution in [0.5, 0.6) is 11.5 Å². The zero-order valence-electron chi connectivity index (χ0n) is 15.3. The van der Waals surface area contributed by atoms with Crippen molar-refractivity contribution in [3.05, 3.63) is 65.4 Å². The molecule has 1 aliphatic heterocycles. The van der Waals surface area contributed by atoms with Gasteiger partial charge in [-0.25, -0.2) is 0 Å². The van der Waals surface area contributed by atoms with Crippen molar-refractivity contribution in [3.8, 4) is 11.5 Å². The minimum Gasteiger partial charge on any atom is -0.497 e.